The SMILES string of the molecule is COC(=O)c1ccc(-c2cn[nH]c2)c(F)c1. The molecule has 0 saturated carbocycles. The van der Waals surface area contributed by atoms with Crippen molar-refractivity contribution in [3.63, 3.8) is 0 Å². The summed E-state index contributed by atoms with van der Waals surface area (Å²) in [5.74, 6) is -1.04. The van der Waals surface area contributed by atoms with Crippen LogP contribution in [-0.4, -0.2) is 23.3 Å². The van der Waals surface area contributed by atoms with Crippen molar-refractivity contribution in [2.75, 3.05) is 7.11 Å². The van der Waals surface area contributed by atoms with E-state index in [2.05, 4.69) is 14.9 Å². The van der Waals surface area contributed by atoms with Crippen LogP contribution >= 0.6 is 0 Å². The first-order valence-electron chi connectivity index (χ1n) is 4.59. The molecular weight excluding hydrogens is 211 g/mol. The second kappa shape index (κ2) is 4.14. The molecule has 4 nitrogen and oxygen atoms in total. The number of nitrogens with one attached hydrogen (secondary N) is 1. The number of hydrogen-bond donors (Lipinski definition) is 1. The first-order chi connectivity index (χ1) is 7.72. The summed E-state index contributed by atoms with van der Waals surface area (Å²) in [7, 11) is 1.25. The van der Waals surface area contributed by atoms with Crippen molar-refractivity contribution in [2.24, 2.45) is 0 Å². The van der Waals surface area contributed by atoms with Crippen molar-refractivity contribution in [1.29, 1.82) is 0 Å². The fourth-order valence-corrected chi connectivity index (χ4v) is 1.39. The van der Waals surface area contributed by atoms with Crippen molar-refractivity contribution in [3.8, 4) is 11.1 Å². The van der Waals surface area contributed by atoms with Crippen LogP contribution in [0, 0.1) is 5.82 Å². The highest BCUT2D eigenvalue weighted by Gasteiger charge is 2.11. The van der Waals surface area contributed by atoms with Gasteiger partial charge in [0.25, 0.3) is 0 Å². The molecule has 1 N–H and O–H groups in total. The van der Waals surface area contributed by atoms with Crippen LogP contribution in [0.3, 0.4) is 0 Å². The standard InChI is InChI=1S/C11H9FN2O2/c1-16-11(15)7-2-3-9(10(12)4-7)8-5-13-14-6-8/h2-6H,1H3,(H,13,14). The molecule has 0 bridgehead atoms. The first kappa shape index (κ1) is 10.4. The molecule has 0 aliphatic heterocycles. The van der Waals surface area contributed by atoms with Crippen molar-refractivity contribution < 1.29 is 13.9 Å². The van der Waals surface area contributed by atoms with Crippen LogP contribution in [0.15, 0.2) is 30.6 Å². The van der Waals surface area contributed by atoms with E-state index in [0.29, 0.717) is 11.1 Å². The molecule has 0 spiro atoms. The molecule has 2 rings (SSSR count). The van der Waals surface area contributed by atoms with Crippen molar-refractivity contribution in [2.45, 2.75) is 0 Å². The highest BCUT2D eigenvalue weighted by Crippen LogP contribution is 2.22. The lowest BCUT2D eigenvalue weighted by Crippen LogP contribution is -2.01. The van der Waals surface area contributed by atoms with E-state index in [1.807, 2.05) is 0 Å². The van der Waals surface area contributed by atoms with Crippen LogP contribution in [0.5, 0.6) is 0 Å². The highest BCUT2D eigenvalue weighted by atomic mass is 19.1. The predicted molar refractivity (Wildman–Crippen MR) is 55.3 cm³/mol. The molecule has 1 heterocycles. The number of aromatic amines is 1. The van der Waals surface area contributed by atoms with Gasteiger partial charge in [0.15, 0.2) is 0 Å². The molecule has 82 valence electrons. The summed E-state index contributed by atoms with van der Waals surface area (Å²) < 4.78 is 18.2. The minimum absolute atomic E-state index is 0.187. The average molecular weight is 220 g/mol. The summed E-state index contributed by atoms with van der Waals surface area (Å²) in [5.41, 5.74) is 1.21. The monoisotopic (exact) mass is 220 g/mol. The summed E-state index contributed by atoms with van der Waals surface area (Å²) in [6.07, 6.45) is 3.09. The third kappa shape index (κ3) is 1.79. The number of hydrogen-bond acceptors (Lipinski definition) is 3. The van der Waals surface area contributed by atoms with Gasteiger partial charge in [-0.3, -0.25) is 5.10 Å². The van der Waals surface area contributed by atoms with Gasteiger partial charge < -0.3 is 4.74 Å². The van der Waals surface area contributed by atoms with Crippen molar-refractivity contribution in [3.05, 3.63) is 42.0 Å². The van der Waals surface area contributed by atoms with Gasteiger partial charge in [-0.15, -0.1) is 0 Å². The summed E-state index contributed by atoms with van der Waals surface area (Å²) in [4.78, 5) is 11.2. The lowest BCUT2D eigenvalue weighted by Gasteiger charge is -2.02. The van der Waals surface area contributed by atoms with Crippen LogP contribution in [0.2, 0.25) is 0 Å². The number of nitrogens with zero attached hydrogens (tertiary/aromatic N) is 1. The van der Waals surface area contributed by atoms with E-state index in [0.717, 1.165) is 6.07 Å². The molecule has 2 aromatic rings. The quantitative estimate of drug-likeness (QED) is 0.787. The third-order valence-corrected chi connectivity index (χ3v) is 2.20. The highest BCUT2D eigenvalue weighted by molar-refractivity contribution is 5.90. The number of ether oxygens (including phenoxy) is 1. The molecule has 0 fully saturated rings. The molecular formula is C11H9FN2O2. The zero-order valence-corrected chi connectivity index (χ0v) is 8.53. The van der Waals surface area contributed by atoms with Crippen LogP contribution in [0.4, 0.5) is 4.39 Å². The molecule has 1 aromatic carbocycles. The molecule has 0 aliphatic carbocycles. The van der Waals surface area contributed by atoms with Crippen LogP contribution < -0.4 is 0 Å². The van der Waals surface area contributed by atoms with Crippen molar-refractivity contribution >= 4 is 5.97 Å². The number of esters is 1. The molecule has 0 amide bonds. The fraction of sp³-hybridized carbons (Fsp3) is 0.0909. The van der Waals surface area contributed by atoms with E-state index in [-0.39, 0.29) is 5.56 Å². The number of methoxy groups -OCH3 is 1. The maximum atomic E-state index is 13.7. The molecule has 0 unspecified atom stereocenters. The minimum Gasteiger partial charge on any atom is -0.465 e. The number of aromatic nitrogens is 2. The van der Waals surface area contributed by atoms with Gasteiger partial charge in [0.05, 0.1) is 18.9 Å². The van der Waals surface area contributed by atoms with Gasteiger partial charge in [-0.05, 0) is 12.1 Å². The fourth-order valence-electron chi connectivity index (χ4n) is 1.39. The molecule has 1 aromatic heterocycles. The van der Waals surface area contributed by atoms with Gasteiger partial charge >= 0.3 is 5.97 Å². The number of benzene rings is 1. The summed E-state index contributed by atoms with van der Waals surface area (Å²) in [5, 5.41) is 6.33. The minimum atomic E-state index is -0.558. The summed E-state index contributed by atoms with van der Waals surface area (Å²) in [6, 6.07) is 4.18. The van der Waals surface area contributed by atoms with E-state index in [9.17, 15) is 9.18 Å². The van der Waals surface area contributed by atoms with Gasteiger partial charge in [-0.1, -0.05) is 6.07 Å². The van der Waals surface area contributed by atoms with Gasteiger partial charge in [0.2, 0.25) is 0 Å². The number of carbonyl (C=O) groups is 1. The van der Waals surface area contributed by atoms with E-state index >= 15 is 0 Å². The van der Waals surface area contributed by atoms with Gasteiger partial charge in [0, 0.05) is 17.3 Å². The lowest BCUT2D eigenvalue weighted by atomic mass is 10.1. The van der Waals surface area contributed by atoms with Gasteiger partial charge in [-0.25, -0.2) is 9.18 Å². The Balaban J connectivity index is 2.41. The Labute approximate surface area is 91.1 Å². The molecule has 5 heteroatoms. The van der Waals surface area contributed by atoms with Gasteiger partial charge in [0.1, 0.15) is 5.82 Å². The zero-order chi connectivity index (χ0) is 11.5. The number of H-pyrrole nitrogens is 1. The predicted octanol–water partition coefficient (Wildman–Crippen LogP) is 2.00. The third-order valence-electron chi connectivity index (χ3n) is 2.20. The van der Waals surface area contributed by atoms with E-state index in [1.165, 1.54) is 25.4 Å². The number of carbonyl (C=O) groups excluding carboxylic acids is 1. The van der Waals surface area contributed by atoms with Crippen molar-refractivity contribution in [1.82, 2.24) is 10.2 Å². The molecule has 16 heavy (non-hydrogen) atoms. The second-order valence-electron chi connectivity index (χ2n) is 3.17. The summed E-state index contributed by atoms with van der Waals surface area (Å²) in [6.45, 7) is 0. The van der Waals surface area contributed by atoms with Crippen LogP contribution in [0.1, 0.15) is 10.4 Å². The second-order valence-corrected chi connectivity index (χ2v) is 3.17. The van der Waals surface area contributed by atoms with Gasteiger partial charge in [-0.2, -0.15) is 5.10 Å². The lowest BCUT2D eigenvalue weighted by molar-refractivity contribution is 0.0600. The Morgan fingerprint density at radius 3 is 2.88 bits per heavy atom. The van der Waals surface area contributed by atoms with E-state index in [1.54, 1.807) is 6.20 Å². The van der Waals surface area contributed by atoms with E-state index in [4.69, 9.17) is 0 Å². The molecule has 0 atom stereocenters. The van der Waals surface area contributed by atoms with Crippen LogP contribution in [-0.2, 0) is 4.74 Å². The maximum absolute atomic E-state index is 13.7. The van der Waals surface area contributed by atoms with E-state index < -0.39 is 11.8 Å². The molecule has 0 radical (unpaired) electrons. The number of rotatable bonds is 2. The largest absolute Gasteiger partial charge is 0.465 e. The Bertz CT molecular complexity index is 509. The first-order valence-corrected chi connectivity index (χ1v) is 4.59. The normalized spacial score (nSPS) is 10.1. The molecule has 0 aliphatic rings. The maximum Gasteiger partial charge on any atom is 0.337 e. The smallest absolute Gasteiger partial charge is 0.337 e. The molecule has 0 saturated heterocycles. The Hall–Kier alpha value is -2.17. The Kier molecular flexibility index (Phi) is 2.68. The summed E-state index contributed by atoms with van der Waals surface area (Å²) >= 11 is 0. The number of halogens is 1. The zero-order valence-electron chi connectivity index (χ0n) is 8.53. The van der Waals surface area contributed by atoms with Crippen LogP contribution in [0.25, 0.3) is 11.1 Å². The topological polar surface area (TPSA) is 55.0 Å². The Morgan fingerprint density at radius 2 is 2.31 bits per heavy atom. The Morgan fingerprint density at radius 1 is 1.50 bits per heavy atom. The average Bonchev–Trinajstić information content (AvgIpc) is 2.81.